The Hall–Kier alpha value is -1.32. The summed E-state index contributed by atoms with van der Waals surface area (Å²) in [6.07, 6.45) is 6.84. The van der Waals surface area contributed by atoms with Gasteiger partial charge in [0.1, 0.15) is 5.76 Å². The van der Waals surface area contributed by atoms with Gasteiger partial charge in [0.15, 0.2) is 5.96 Å². The van der Waals surface area contributed by atoms with Crippen LogP contribution in [0.5, 0.6) is 0 Å². The zero-order valence-electron chi connectivity index (χ0n) is 17.5. The first-order valence-electron chi connectivity index (χ1n) is 10.2. The van der Waals surface area contributed by atoms with E-state index in [1.54, 1.807) is 19.0 Å². The molecular formula is C20H34IN5O2. The number of nitrogens with zero attached hydrogens (tertiary/aromatic N) is 3. The molecule has 0 spiro atoms. The van der Waals surface area contributed by atoms with Gasteiger partial charge in [-0.15, -0.1) is 24.0 Å². The second kappa shape index (κ2) is 10.5. The van der Waals surface area contributed by atoms with Gasteiger partial charge >= 0.3 is 0 Å². The molecule has 2 aliphatic carbocycles. The predicted molar refractivity (Wildman–Crippen MR) is 121 cm³/mol. The normalized spacial score (nSPS) is 23.4. The lowest BCUT2D eigenvalue weighted by molar-refractivity contribution is -0.127. The van der Waals surface area contributed by atoms with Gasteiger partial charge in [0.2, 0.25) is 5.91 Å². The minimum atomic E-state index is 0. The van der Waals surface area contributed by atoms with Crippen LogP contribution in [0.15, 0.2) is 9.52 Å². The third-order valence-corrected chi connectivity index (χ3v) is 5.97. The van der Waals surface area contributed by atoms with Gasteiger partial charge in [0.25, 0.3) is 0 Å². The molecule has 2 fully saturated rings. The molecule has 0 aliphatic heterocycles. The van der Waals surface area contributed by atoms with E-state index in [-0.39, 0.29) is 36.4 Å². The standard InChI is InChI=1S/C20H33N5O2.HI/c1-5-16-15(18(6-2)27-24-16)11-21-20(22-12-19(26)25(3)4)23-17-10-13-7-8-14(17)9-13;/h13-14,17H,5-12H2,1-4H3,(H2,21,22,23);1H. The number of carbonyl (C=O) groups excluding carboxylic acids is 1. The van der Waals surface area contributed by atoms with Gasteiger partial charge in [-0.05, 0) is 37.5 Å². The molecule has 1 aromatic rings. The summed E-state index contributed by atoms with van der Waals surface area (Å²) in [5, 5.41) is 11.0. The molecule has 2 bridgehead atoms. The average Bonchev–Trinajstić information content (AvgIpc) is 3.38. The maximum atomic E-state index is 12.0. The number of guanidine groups is 1. The summed E-state index contributed by atoms with van der Waals surface area (Å²) in [5.74, 6) is 3.24. The number of nitrogens with one attached hydrogen (secondary N) is 2. The quantitative estimate of drug-likeness (QED) is 0.340. The van der Waals surface area contributed by atoms with Gasteiger partial charge in [-0.3, -0.25) is 4.79 Å². The molecule has 2 N–H and O–H groups in total. The van der Waals surface area contributed by atoms with Crippen molar-refractivity contribution < 1.29 is 9.32 Å². The second-order valence-electron chi connectivity index (χ2n) is 7.97. The largest absolute Gasteiger partial charge is 0.361 e. The van der Waals surface area contributed by atoms with E-state index >= 15 is 0 Å². The molecule has 1 amide bonds. The first-order valence-corrected chi connectivity index (χ1v) is 10.2. The number of aryl methyl sites for hydroxylation is 2. The Morgan fingerprint density at radius 1 is 1.25 bits per heavy atom. The van der Waals surface area contributed by atoms with Crippen LogP contribution in [0.1, 0.15) is 56.5 Å². The van der Waals surface area contributed by atoms with Gasteiger partial charge in [-0.2, -0.15) is 0 Å². The summed E-state index contributed by atoms with van der Waals surface area (Å²) >= 11 is 0. The number of halogens is 1. The number of fused-ring (bicyclic) bond motifs is 2. The Kier molecular flexibility index (Phi) is 8.57. The van der Waals surface area contributed by atoms with Crippen LogP contribution < -0.4 is 10.6 Å². The number of likely N-dealkylation sites (N-methyl/N-ethyl adjacent to an activating group) is 1. The second-order valence-corrected chi connectivity index (χ2v) is 7.97. The van der Waals surface area contributed by atoms with Crippen molar-refractivity contribution in [2.45, 2.75) is 65.0 Å². The highest BCUT2D eigenvalue weighted by Gasteiger charge is 2.39. The minimum absolute atomic E-state index is 0. The van der Waals surface area contributed by atoms with E-state index in [9.17, 15) is 4.79 Å². The summed E-state index contributed by atoms with van der Waals surface area (Å²) in [6, 6.07) is 0.461. The fourth-order valence-corrected chi connectivity index (χ4v) is 4.34. The molecule has 3 atom stereocenters. The SMILES string of the molecule is CCc1noc(CC)c1CN=C(NCC(=O)N(C)C)NC1CC2CCC1C2.I. The van der Waals surface area contributed by atoms with Crippen LogP contribution in [0, 0.1) is 11.8 Å². The molecule has 3 rings (SSSR count). The fourth-order valence-electron chi connectivity index (χ4n) is 4.34. The van der Waals surface area contributed by atoms with Crippen molar-refractivity contribution in [3.8, 4) is 0 Å². The Morgan fingerprint density at radius 2 is 2.04 bits per heavy atom. The van der Waals surface area contributed by atoms with E-state index in [4.69, 9.17) is 9.52 Å². The maximum Gasteiger partial charge on any atom is 0.241 e. The smallest absolute Gasteiger partial charge is 0.241 e. The predicted octanol–water partition coefficient (Wildman–Crippen LogP) is 2.73. The Morgan fingerprint density at radius 3 is 2.61 bits per heavy atom. The average molecular weight is 503 g/mol. The number of aliphatic imine (C=N–C) groups is 1. The van der Waals surface area contributed by atoms with Crippen molar-refractivity contribution in [2.75, 3.05) is 20.6 Å². The molecular weight excluding hydrogens is 469 g/mol. The first kappa shape index (κ1) is 23.0. The lowest BCUT2D eigenvalue weighted by Gasteiger charge is -2.25. The number of rotatable bonds is 7. The zero-order chi connectivity index (χ0) is 19.4. The number of hydrogen-bond donors (Lipinski definition) is 2. The van der Waals surface area contributed by atoms with Gasteiger partial charge < -0.3 is 20.1 Å². The third-order valence-electron chi connectivity index (χ3n) is 5.97. The van der Waals surface area contributed by atoms with Crippen LogP contribution in [0.3, 0.4) is 0 Å². The molecule has 0 aromatic carbocycles. The van der Waals surface area contributed by atoms with Gasteiger partial charge in [-0.25, -0.2) is 4.99 Å². The minimum Gasteiger partial charge on any atom is -0.361 e. The molecule has 2 saturated carbocycles. The number of aromatic nitrogens is 1. The number of hydrogen-bond acceptors (Lipinski definition) is 4. The Bertz CT molecular complexity index is 667. The molecule has 0 radical (unpaired) electrons. The van der Waals surface area contributed by atoms with Crippen molar-refractivity contribution in [3.05, 3.63) is 17.0 Å². The van der Waals surface area contributed by atoms with E-state index in [2.05, 4.69) is 29.6 Å². The maximum absolute atomic E-state index is 12.0. The Balaban J connectivity index is 0.00000280. The third kappa shape index (κ3) is 5.39. The molecule has 3 unspecified atom stereocenters. The summed E-state index contributed by atoms with van der Waals surface area (Å²) in [4.78, 5) is 18.4. The van der Waals surface area contributed by atoms with Gasteiger partial charge in [0, 0.05) is 32.1 Å². The summed E-state index contributed by atoms with van der Waals surface area (Å²) in [7, 11) is 3.53. The molecule has 7 nitrogen and oxygen atoms in total. The highest BCUT2D eigenvalue weighted by molar-refractivity contribution is 14.0. The van der Waals surface area contributed by atoms with Gasteiger partial charge in [0.05, 0.1) is 18.8 Å². The molecule has 1 aromatic heterocycles. The van der Waals surface area contributed by atoms with Crippen LogP contribution in [0.2, 0.25) is 0 Å². The number of amides is 1. The lowest BCUT2D eigenvalue weighted by Crippen LogP contribution is -2.48. The van der Waals surface area contributed by atoms with Crippen molar-refractivity contribution >= 4 is 35.8 Å². The molecule has 1 heterocycles. The zero-order valence-corrected chi connectivity index (χ0v) is 19.8. The summed E-state index contributed by atoms with van der Waals surface area (Å²) in [6.45, 7) is 4.90. The topological polar surface area (TPSA) is 82.8 Å². The lowest BCUT2D eigenvalue weighted by atomic mass is 9.95. The van der Waals surface area contributed by atoms with E-state index in [0.717, 1.165) is 41.7 Å². The van der Waals surface area contributed by atoms with E-state index in [1.165, 1.54) is 25.7 Å². The van der Waals surface area contributed by atoms with E-state index in [1.807, 2.05) is 0 Å². The van der Waals surface area contributed by atoms with Crippen molar-refractivity contribution in [2.24, 2.45) is 16.8 Å². The van der Waals surface area contributed by atoms with Crippen molar-refractivity contribution in [3.63, 3.8) is 0 Å². The first-order chi connectivity index (χ1) is 13.0. The highest BCUT2D eigenvalue weighted by atomic mass is 127. The van der Waals surface area contributed by atoms with Crippen LogP contribution in [-0.4, -0.2) is 48.6 Å². The molecule has 2 aliphatic rings. The monoisotopic (exact) mass is 503 g/mol. The van der Waals surface area contributed by atoms with Crippen LogP contribution >= 0.6 is 24.0 Å². The van der Waals surface area contributed by atoms with Crippen LogP contribution in [0.4, 0.5) is 0 Å². The van der Waals surface area contributed by atoms with E-state index < -0.39 is 0 Å². The van der Waals surface area contributed by atoms with Crippen LogP contribution in [0.25, 0.3) is 0 Å². The summed E-state index contributed by atoms with van der Waals surface area (Å²) < 4.78 is 5.45. The van der Waals surface area contributed by atoms with E-state index in [0.29, 0.717) is 18.5 Å². The highest BCUT2D eigenvalue weighted by Crippen LogP contribution is 2.44. The molecule has 28 heavy (non-hydrogen) atoms. The number of carbonyl (C=O) groups is 1. The summed E-state index contributed by atoms with van der Waals surface area (Å²) in [5.41, 5.74) is 2.05. The molecule has 158 valence electrons. The van der Waals surface area contributed by atoms with Gasteiger partial charge in [-0.1, -0.05) is 25.4 Å². The fraction of sp³-hybridized carbons (Fsp3) is 0.750. The molecule has 8 heteroatoms. The molecule has 0 saturated heterocycles. The van der Waals surface area contributed by atoms with Crippen molar-refractivity contribution in [1.82, 2.24) is 20.7 Å². The van der Waals surface area contributed by atoms with Crippen LogP contribution in [-0.2, 0) is 24.2 Å². The van der Waals surface area contributed by atoms with Crippen molar-refractivity contribution in [1.29, 1.82) is 0 Å². The Labute approximate surface area is 185 Å².